The van der Waals surface area contributed by atoms with Crippen molar-refractivity contribution in [3.8, 4) is 0 Å². The number of hydrogen-bond acceptors (Lipinski definition) is 2. The molecule has 3 rings (SSSR count). The number of benzene rings is 2. The second kappa shape index (κ2) is 6.55. The second-order valence-electron chi connectivity index (χ2n) is 5.83. The van der Waals surface area contributed by atoms with Gasteiger partial charge in [0.1, 0.15) is 6.04 Å². The summed E-state index contributed by atoms with van der Waals surface area (Å²) in [6, 6.07) is 15.1. The summed E-state index contributed by atoms with van der Waals surface area (Å²) in [5.74, 6) is 0.0569. The minimum Gasteiger partial charge on any atom is -0.322 e. The van der Waals surface area contributed by atoms with Crippen LogP contribution in [0.3, 0.4) is 0 Å². The molecule has 0 radical (unpaired) electrons. The quantitative estimate of drug-likeness (QED) is 0.883. The number of nitrogens with one attached hydrogen (secondary N) is 1. The molecule has 1 amide bonds. The monoisotopic (exact) mass is 326 g/mol. The molecule has 1 heterocycles. The second-order valence-corrected chi connectivity index (χ2v) is 6.23. The van der Waals surface area contributed by atoms with E-state index >= 15 is 0 Å². The average molecular weight is 327 g/mol. The van der Waals surface area contributed by atoms with Crippen LogP contribution in [-0.4, -0.2) is 17.7 Å². The third kappa shape index (κ3) is 3.02. The van der Waals surface area contributed by atoms with E-state index in [1.807, 2.05) is 49.4 Å². The summed E-state index contributed by atoms with van der Waals surface area (Å²) in [5.41, 5.74) is 3.31. The van der Waals surface area contributed by atoms with Crippen LogP contribution < -0.4 is 5.32 Å². The van der Waals surface area contributed by atoms with Gasteiger partial charge in [0.05, 0.1) is 16.4 Å². The van der Waals surface area contributed by atoms with Crippen molar-refractivity contribution in [1.29, 1.82) is 0 Å². The molecule has 0 saturated carbocycles. The van der Waals surface area contributed by atoms with Crippen LogP contribution in [0, 0.1) is 5.92 Å². The Kier molecular flexibility index (Phi) is 4.49. The fourth-order valence-electron chi connectivity index (χ4n) is 2.75. The summed E-state index contributed by atoms with van der Waals surface area (Å²) in [4.78, 5) is 17.5. The van der Waals surface area contributed by atoms with Gasteiger partial charge in [0.2, 0.25) is 5.91 Å². The number of anilines is 1. The topological polar surface area (TPSA) is 41.5 Å². The van der Waals surface area contributed by atoms with Gasteiger partial charge in [-0.15, -0.1) is 0 Å². The fourth-order valence-corrected chi connectivity index (χ4v) is 2.97. The molecule has 2 aromatic rings. The SMILES string of the molecule is CC[C@H](C)C1N=C(c2ccccc2)c2cccc(Cl)c2NC1=O. The Morgan fingerprint density at radius 2 is 1.91 bits per heavy atom. The van der Waals surface area contributed by atoms with Crippen LogP contribution in [0.4, 0.5) is 5.69 Å². The first-order chi connectivity index (χ1) is 11.1. The molecule has 0 aromatic heterocycles. The van der Waals surface area contributed by atoms with E-state index in [1.54, 1.807) is 6.07 Å². The number of nitrogens with zero attached hydrogens (tertiary/aromatic N) is 1. The molecule has 0 aliphatic carbocycles. The number of hydrogen-bond donors (Lipinski definition) is 1. The van der Waals surface area contributed by atoms with Gasteiger partial charge in [0.25, 0.3) is 0 Å². The van der Waals surface area contributed by atoms with Crippen molar-refractivity contribution < 1.29 is 4.79 Å². The highest BCUT2D eigenvalue weighted by atomic mass is 35.5. The first-order valence-corrected chi connectivity index (χ1v) is 8.22. The zero-order valence-electron chi connectivity index (χ0n) is 13.2. The number of carbonyl (C=O) groups excluding carboxylic acids is 1. The van der Waals surface area contributed by atoms with Gasteiger partial charge in [-0.05, 0) is 12.0 Å². The molecule has 0 saturated heterocycles. The largest absolute Gasteiger partial charge is 0.322 e. The van der Waals surface area contributed by atoms with Gasteiger partial charge in [0, 0.05) is 11.1 Å². The van der Waals surface area contributed by atoms with E-state index in [0.717, 1.165) is 23.3 Å². The summed E-state index contributed by atoms with van der Waals surface area (Å²) in [7, 11) is 0. The third-order valence-electron chi connectivity index (χ3n) is 4.28. The molecule has 23 heavy (non-hydrogen) atoms. The van der Waals surface area contributed by atoms with E-state index < -0.39 is 6.04 Å². The molecule has 4 heteroatoms. The molecule has 1 aliphatic heterocycles. The molecule has 1 unspecified atom stereocenters. The first kappa shape index (κ1) is 15.8. The van der Waals surface area contributed by atoms with Gasteiger partial charge in [-0.2, -0.15) is 0 Å². The number of carbonyl (C=O) groups is 1. The first-order valence-electron chi connectivity index (χ1n) is 7.84. The molecule has 0 spiro atoms. The number of benzodiazepines with no additional fused rings is 1. The maximum absolute atomic E-state index is 12.6. The van der Waals surface area contributed by atoms with E-state index in [-0.39, 0.29) is 11.8 Å². The Hall–Kier alpha value is -2.13. The molecule has 2 atom stereocenters. The zero-order valence-corrected chi connectivity index (χ0v) is 14.0. The number of amides is 1. The highest BCUT2D eigenvalue weighted by Crippen LogP contribution is 2.32. The van der Waals surface area contributed by atoms with E-state index in [1.165, 1.54) is 0 Å². The van der Waals surface area contributed by atoms with Gasteiger partial charge in [-0.1, -0.05) is 74.3 Å². The van der Waals surface area contributed by atoms with Crippen LogP contribution in [-0.2, 0) is 4.79 Å². The van der Waals surface area contributed by atoms with Crippen molar-refractivity contribution in [3.05, 3.63) is 64.7 Å². The lowest BCUT2D eigenvalue weighted by Gasteiger charge is -2.17. The zero-order chi connectivity index (χ0) is 16.4. The molecule has 1 N–H and O–H groups in total. The Morgan fingerprint density at radius 1 is 1.17 bits per heavy atom. The number of fused-ring (bicyclic) bond motifs is 1. The number of para-hydroxylation sites is 1. The molecule has 2 aromatic carbocycles. The van der Waals surface area contributed by atoms with Crippen LogP contribution in [0.25, 0.3) is 0 Å². The van der Waals surface area contributed by atoms with Crippen LogP contribution in [0.15, 0.2) is 53.5 Å². The molecule has 0 bridgehead atoms. The maximum Gasteiger partial charge on any atom is 0.249 e. The molecule has 118 valence electrons. The minimum absolute atomic E-state index is 0.0976. The number of rotatable bonds is 3. The van der Waals surface area contributed by atoms with Gasteiger partial charge in [0.15, 0.2) is 0 Å². The smallest absolute Gasteiger partial charge is 0.249 e. The summed E-state index contributed by atoms with van der Waals surface area (Å²) < 4.78 is 0. The van der Waals surface area contributed by atoms with Crippen molar-refractivity contribution in [2.45, 2.75) is 26.3 Å². The molecule has 3 nitrogen and oxygen atoms in total. The van der Waals surface area contributed by atoms with Crippen molar-refractivity contribution in [3.63, 3.8) is 0 Å². The number of aliphatic imine (C=N–C) groups is 1. The van der Waals surface area contributed by atoms with E-state index in [9.17, 15) is 4.79 Å². The average Bonchev–Trinajstić information content (AvgIpc) is 2.72. The lowest BCUT2D eigenvalue weighted by molar-refractivity contribution is -0.118. The van der Waals surface area contributed by atoms with Crippen molar-refractivity contribution in [2.24, 2.45) is 10.9 Å². The Morgan fingerprint density at radius 3 is 2.61 bits per heavy atom. The maximum atomic E-state index is 12.6. The number of halogens is 1. The fraction of sp³-hybridized carbons (Fsp3) is 0.263. The summed E-state index contributed by atoms with van der Waals surface area (Å²) in [5, 5.41) is 3.50. The summed E-state index contributed by atoms with van der Waals surface area (Å²) >= 11 is 6.32. The van der Waals surface area contributed by atoms with E-state index in [2.05, 4.69) is 12.2 Å². The van der Waals surface area contributed by atoms with Crippen LogP contribution in [0.2, 0.25) is 5.02 Å². The third-order valence-corrected chi connectivity index (χ3v) is 4.60. The predicted octanol–water partition coefficient (Wildman–Crippen LogP) is 4.54. The minimum atomic E-state index is -0.418. The summed E-state index contributed by atoms with van der Waals surface area (Å²) in [6.07, 6.45) is 0.883. The molecule has 0 fully saturated rings. The molecular formula is C19H19ClN2O. The predicted molar refractivity (Wildman–Crippen MR) is 95.4 cm³/mol. The lowest BCUT2D eigenvalue weighted by Crippen LogP contribution is -2.31. The Balaban J connectivity index is 2.22. The van der Waals surface area contributed by atoms with Crippen molar-refractivity contribution >= 4 is 28.9 Å². The van der Waals surface area contributed by atoms with Gasteiger partial charge in [-0.3, -0.25) is 9.79 Å². The van der Waals surface area contributed by atoms with Gasteiger partial charge in [-0.25, -0.2) is 0 Å². The summed E-state index contributed by atoms with van der Waals surface area (Å²) in [6.45, 7) is 4.12. The Bertz CT molecular complexity index is 755. The van der Waals surface area contributed by atoms with Gasteiger partial charge < -0.3 is 5.32 Å². The normalized spacial score (nSPS) is 18.5. The van der Waals surface area contributed by atoms with E-state index in [4.69, 9.17) is 16.6 Å². The van der Waals surface area contributed by atoms with Crippen molar-refractivity contribution in [2.75, 3.05) is 5.32 Å². The van der Waals surface area contributed by atoms with Crippen molar-refractivity contribution in [1.82, 2.24) is 0 Å². The highest BCUT2D eigenvalue weighted by Gasteiger charge is 2.29. The van der Waals surface area contributed by atoms with Gasteiger partial charge >= 0.3 is 0 Å². The standard InChI is InChI=1S/C19H19ClN2O/c1-3-12(2)16-19(23)22-18-14(10-7-11-15(18)20)17(21-16)13-8-5-4-6-9-13/h4-12,16H,3H2,1-2H3,(H,22,23)/t12-,16?/m0/s1. The van der Waals surface area contributed by atoms with Crippen LogP contribution >= 0.6 is 11.6 Å². The lowest BCUT2D eigenvalue weighted by atomic mass is 9.98. The van der Waals surface area contributed by atoms with Crippen LogP contribution in [0.1, 0.15) is 31.4 Å². The highest BCUT2D eigenvalue weighted by molar-refractivity contribution is 6.36. The molecule has 1 aliphatic rings. The van der Waals surface area contributed by atoms with Crippen LogP contribution in [0.5, 0.6) is 0 Å². The Labute approximate surface area is 141 Å². The van der Waals surface area contributed by atoms with E-state index in [0.29, 0.717) is 10.7 Å². The molecular weight excluding hydrogens is 308 g/mol.